The van der Waals surface area contributed by atoms with E-state index in [2.05, 4.69) is 0 Å². The zero-order valence-corrected chi connectivity index (χ0v) is 19.6. The molecular formula is C21H20I2O5. The van der Waals surface area contributed by atoms with E-state index in [0.29, 0.717) is 54.3 Å². The average molecular weight is 606 g/mol. The second-order valence-corrected chi connectivity index (χ2v) is 8.85. The highest BCUT2D eigenvalue weighted by Crippen LogP contribution is 2.35. The van der Waals surface area contributed by atoms with Crippen LogP contribution in [0.15, 0.2) is 28.7 Å². The maximum absolute atomic E-state index is 13.3. The van der Waals surface area contributed by atoms with Crippen molar-refractivity contribution in [2.24, 2.45) is 0 Å². The van der Waals surface area contributed by atoms with E-state index < -0.39 is 0 Å². The van der Waals surface area contributed by atoms with Crippen molar-refractivity contribution in [2.75, 3.05) is 6.61 Å². The topological polar surface area (TPSA) is 90.9 Å². The number of carbonyl (C=O) groups excluding carboxylic acids is 1. The van der Waals surface area contributed by atoms with E-state index in [0.717, 1.165) is 12.0 Å². The number of hydrogen-bond donors (Lipinski definition) is 3. The summed E-state index contributed by atoms with van der Waals surface area (Å²) in [5, 5.41) is 30.0. The first-order valence-corrected chi connectivity index (χ1v) is 11.1. The van der Waals surface area contributed by atoms with Crippen molar-refractivity contribution in [1.29, 1.82) is 0 Å². The molecule has 0 atom stereocenters. The summed E-state index contributed by atoms with van der Waals surface area (Å²) in [6.07, 6.45) is 2.59. The Morgan fingerprint density at radius 1 is 1.07 bits per heavy atom. The van der Waals surface area contributed by atoms with E-state index in [1.807, 2.05) is 52.1 Å². The highest BCUT2D eigenvalue weighted by molar-refractivity contribution is 14.1. The van der Waals surface area contributed by atoms with Crippen molar-refractivity contribution in [3.63, 3.8) is 0 Å². The fourth-order valence-corrected chi connectivity index (χ4v) is 4.96. The molecule has 0 spiro atoms. The molecule has 0 saturated carbocycles. The summed E-state index contributed by atoms with van der Waals surface area (Å²) in [5.41, 5.74) is 2.23. The van der Waals surface area contributed by atoms with Crippen LogP contribution in [0, 0.1) is 7.14 Å². The fraction of sp³-hybridized carbons (Fsp3) is 0.286. The van der Waals surface area contributed by atoms with Gasteiger partial charge in [0.1, 0.15) is 22.8 Å². The van der Waals surface area contributed by atoms with Gasteiger partial charge in [0.2, 0.25) is 0 Å². The quantitative estimate of drug-likeness (QED) is 0.197. The molecule has 1 aromatic heterocycles. The number of unbranched alkanes of at least 4 members (excludes halogenated alkanes) is 1. The standard InChI is InChI=1S/C21H20I2O5/c1-2-17-19(20(26)12-7-14(22)21(27)15(23)8-12)13-10-16(25)11(5-3-4-6-24)9-18(13)28-17/h7-10,24-25,27H,2-6H2,1H3. The summed E-state index contributed by atoms with van der Waals surface area (Å²) in [6, 6.07) is 6.68. The lowest BCUT2D eigenvalue weighted by molar-refractivity contribution is 0.103. The first-order valence-electron chi connectivity index (χ1n) is 8.98. The molecule has 0 aliphatic rings. The van der Waals surface area contributed by atoms with Gasteiger partial charge in [-0.2, -0.15) is 0 Å². The second kappa shape index (κ2) is 9.00. The minimum absolute atomic E-state index is 0.118. The molecule has 3 aromatic rings. The first kappa shape index (κ1) is 21.4. The molecule has 0 radical (unpaired) electrons. The average Bonchev–Trinajstić information content (AvgIpc) is 3.02. The van der Waals surface area contributed by atoms with Crippen molar-refractivity contribution >= 4 is 61.9 Å². The Hall–Kier alpha value is -1.33. The Balaban J connectivity index is 2.09. The summed E-state index contributed by atoms with van der Waals surface area (Å²) in [4.78, 5) is 13.3. The van der Waals surface area contributed by atoms with Crippen LogP contribution in [0.2, 0.25) is 0 Å². The Kier molecular flexibility index (Phi) is 6.87. The van der Waals surface area contributed by atoms with E-state index in [9.17, 15) is 15.0 Å². The highest BCUT2D eigenvalue weighted by atomic mass is 127. The minimum atomic E-state index is -0.195. The van der Waals surface area contributed by atoms with E-state index >= 15 is 0 Å². The van der Waals surface area contributed by atoms with E-state index in [4.69, 9.17) is 9.52 Å². The van der Waals surface area contributed by atoms with Crippen molar-refractivity contribution in [2.45, 2.75) is 32.6 Å². The molecule has 0 aliphatic heterocycles. The zero-order valence-electron chi connectivity index (χ0n) is 15.3. The highest BCUT2D eigenvalue weighted by Gasteiger charge is 2.23. The van der Waals surface area contributed by atoms with Crippen molar-refractivity contribution in [1.82, 2.24) is 0 Å². The lowest BCUT2D eigenvalue weighted by Gasteiger charge is -2.07. The van der Waals surface area contributed by atoms with Crippen LogP contribution in [-0.2, 0) is 12.8 Å². The first-order chi connectivity index (χ1) is 13.4. The number of halogens is 2. The number of furan rings is 1. The van der Waals surface area contributed by atoms with Crippen LogP contribution in [0.4, 0.5) is 0 Å². The third kappa shape index (κ3) is 4.16. The number of phenolic OH excluding ortho intramolecular Hbond substituents is 2. The normalized spacial score (nSPS) is 11.3. The summed E-state index contributed by atoms with van der Waals surface area (Å²) in [5.74, 6) is 0.664. The number of aryl methyl sites for hydroxylation is 2. The molecule has 28 heavy (non-hydrogen) atoms. The van der Waals surface area contributed by atoms with Crippen LogP contribution >= 0.6 is 45.2 Å². The van der Waals surface area contributed by atoms with Crippen LogP contribution in [0.3, 0.4) is 0 Å². The van der Waals surface area contributed by atoms with Gasteiger partial charge in [-0.05, 0) is 94.3 Å². The Bertz CT molecular complexity index is 1020. The molecule has 2 aromatic carbocycles. The van der Waals surface area contributed by atoms with Gasteiger partial charge in [-0.25, -0.2) is 0 Å². The lowest BCUT2D eigenvalue weighted by Crippen LogP contribution is -2.04. The lowest BCUT2D eigenvalue weighted by atomic mass is 9.97. The number of benzene rings is 2. The van der Waals surface area contributed by atoms with Gasteiger partial charge in [0.05, 0.1) is 12.7 Å². The predicted molar refractivity (Wildman–Crippen MR) is 124 cm³/mol. The van der Waals surface area contributed by atoms with Gasteiger partial charge in [-0.1, -0.05) is 6.92 Å². The molecular weight excluding hydrogens is 586 g/mol. The van der Waals surface area contributed by atoms with Crippen LogP contribution in [-0.4, -0.2) is 27.7 Å². The van der Waals surface area contributed by atoms with Gasteiger partial charge in [-0.3, -0.25) is 4.79 Å². The molecule has 5 nitrogen and oxygen atoms in total. The van der Waals surface area contributed by atoms with Crippen LogP contribution in [0.1, 0.15) is 47.0 Å². The SMILES string of the molecule is CCc1oc2cc(CCCCO)c(O)cc2c1C(=O)c1cc(I)c(O)c(I)c1. The number of aliphatic hydroxyl groups excluding tert-OH is 1. The van der Waals surface area contributed by atoms with Crippen molar-refractivity contribution in [3.05, 3.63) is 53.9 Å². The molecule has 3 N–H and O–H groups in total. The number of aromatic hydroxyl groups is 2. The van der Waals surface area contributed by atoms with Gasteiger partial charge in [0.25, 0.3) is 0 Å². The Morgan fingerprint density at radius 3 is 2.36 bits per heavy atom. The molecule has 3 rings (SSSR count). The van der Waals surface area contributed by atoms with Gasteiger partial charge in [-0.15, -0.1) is 0 Å². The van der Waals surface area contributed by atoms with E-state index in [1.165, 1.54) is 0 Å². The summed E-state index contributed by atoms with van der Waals surface area (Å²) >= 11 is 4.00. The molecule has 0 amide bonds. The monoisotopic (exact) mass is 606 g/mol. The summed E-state index contributed by atoms with van der Waals surface area (Å²) in [6.45, 7) is 2.04. The molecule has 0 saturated heterocycles. The van der Waals surface area contributed by atoms with Gasteiger partial charge >= 0.3 is 0 Å². The molecule has 0 aliphatic carbocycles. The maximum atomic E-state index is 13.3. The maximum Gasteiger partial charge on any atom is 0.197 e. The largest absolute Gasteiger partial charge is 0.508 e. The van der Waals surface area contributed by atoms with Gasteiger partial charge in [0, 0.05) is 24.0 Å². The molecule has 0 unspecified atom stereocenters. The number of ketones is 1. The van der Waals surface area contributed by atoms with Crippen molar-refractivity contribution in [3.8, 4) is 11.5 Å². The number of phenols is 2. The third-order valence-electron chi connectivity index (χ3n) is 4.64. The van der Waals surface area contributed by atoms with Gasteiger partial charge in [0.15, 0.2) is 5.78 Å². The smallest absolute Gasteiger partial charge is 0.197 e. The zero-order chi connectivity index (χ0) is 20.4. The molecule has 7 heteroatoms. The third-order valence-corrected chi connectivity index (χ3v) is 6.29. The molecule has 0 bridgehead atoms. The van der Waals surface area contributed by atoms with Crippen LogP contribution in [0.25, 0.3) is 11.0 Å². The number of rotatable bonds is 7. The molecule has 0 fully saturated rings. The van der Waals surface area contributed by atoms with Gasteiger partial charge < -0.3 is 19.7 Å². The van der Waals surface area contributed by atoms with E-state index in [1.54, 1.807) is 24.3 Å². The summed E-state index contributed by atoms with van der Waals surface area (Å²) in [7, 11) is 0. The Morgan fingerprint density at radius 2 is 1.75 bits per heavy atom. The number of fused-ring (bicyclic) bond motifs is 1. The van der Waals surface area contributed by atoms with E-state index in [-0.39, 0.29) is 23.9 Å². The number of aliphatic hydroxyl groups is 1. The van der Waals surface area contributed by atoms with Crippen LogP contribution < -0.4 is 0 Å². The predicted octanol–water partition coefficient (Wildman–Crippen LogP) is 5.16. The molecule has 1 heterocycles. The van der Waals surface area contributed by atoms with Crippen molar-refractivity contribution < 1.29 is 24.5 Å². The number of hydrogen-bond acceptors (Lipinski definition) is 5. The Labute approximate surface area is 190 Å². The summed E-state index contributed by atoms with van der Waals surface area (Å²) < 4.78 is 7.15. The fourth-order valence-electron chi connectivity index (χ4n) is 3.19. The van der Waals surface area contributed by atoms with Crippen LogP contribution in [0.5, 0.6) is 11.5 Å². The second-order valence-electron chi connectivity index (χ2n) is 6.53. The number of carbonyl (C=O) groups is 1. The molecule has 148 valence electrons. The minimum Gasteiger partial charge on any atom is -0.508 e.